The van der Waals surface area contributed by atoms with Crippen molar-refractivity contribution >= 4 is 23.6 Å². The van der Waals surface area contributed by atoms with E-state index in [0.717, 1.165) is 17.8 Å². The zero-order valence-corrected chi connectivity index (χ0v) is 22.2. The third kappa shape index (κ3) is 3.08. The minimum absolute atomic E-state index is 0.355. The van der Waals surface area contributed by atoms with Gasteiger partial charge in [0, 0.05) is 44.1 Å². The molecule has 3 fully saturated rings. The molecule has 37 heavy (non-hydrogen) atoms. The molecule has 0 bridgehead atoms. The Labute approximate surface area is 216 Å². The van der Waals surface area contributed by atoms with E-state index in [4.69, 9.17) is 18.9 Å². The van der Waals surface area contributed by atoms with E-state index >= 15 is 4.39 Å². The maximum absolute atomic E-state index is 16.3. The Morgan fingerprint density at radius 1 is 1.08 bits per heavy atom. The second kappa shape index (κ2) is 8.58. The standard InChI is InChI=1S/C27H35FN2O7/c1-15(28)25-10-7-12-30-13-11-26(21(25)30)19-9-8-18(34-5)14-20(19)29(4)22(26)27(24(33)35-6,37-17(3)32)23(25)36-16(2)31/h8-9,14-15,21-23H,7,10-13H2,1-6H3/t15?,21-,22?,23+,25-,26+,27-/m0/s1. The summed E-state index contributed by atoms with van der Waals surface area (Å²) in [5.74, 6) is -1.68. The number of carbonyl (C=O) groups excluding carboxylic acids is 3. The molecule has 5 rings (SSSR count). The number of piperidine rings is 1. The van der Waals surface area contributed by atoms with Gasteiger partial charge in [0.15, 0.2) is 6.10 Å². The van der Waals surface area contributed by atoms with E-state index in [1.165, 1.54) is 27.9 Å². The highest BCUT2D eigenvalue weighted by molar-refractivity contribution is 5.89. The number of anilines is 1. The summed E-state index contributed by atoms with van der Waals surface area (Å²) < 4.78 is 39.1. The molecule has 0 amide bonds. The first-order valence-corrected chi connectivity index (χ1v) is 12.8. The molecule has 1 aromatic rings. The van der Waals surface area contributed by atoms with Gasteiger partial charge in [-0.25, -0.2) is 9.18 Å². The summed E-state index contributed by atoms with van der Waals surface area (Å²) in [7, 11) is 4.60. The SMILES string of the molecule is COC(=O)[C@]1(OC(C)=O)C2N(C)c3cc(OC)ccc3[C@@]23CCN2CCC[C@@](C(C)F)([C@H]1OC(C)=O)[C@H]23. The van der Waals surface area contributed by atoms with Gasteiger partial charge in [-0.3, -0.25) is 14.5 Å². The smallest absolute Gasteiger partial charge is 0.356 e. The van der Waals surface area contributed by atoms with Gasteiger partial charge in [-0.2, -0.15) is 0 Å². The van der Waals surface area contributed by atoms with Crippen LogP contribution in [0.5, 0.6) is 5.75 Å². The highest BCUT2D eigenvalue weighted by atomic mass is 19.1. The van der Waals surface area contributed by atoms with Crippen LogP contribution in [0.4, 0.5) is 10.1 Å². The molecule has 202 valence electrons. The van der Waals surface area contributed by atoms with Crippen LogP contribution in [0.15, 0.2) is 18.2 Å². The number of rotatable bonds is 5. The van der Waals surface area contributed by atoms with Crippen LogP contribution in [0.1, 0.15) is 45.6 Å². The van der Waals surface area contributed by atoms with Gasteiger partial charge in [0.05, 0.1) is 25.7 Å². The van der Waals surface area contributed by atoms with Gasteiger partial charge in [-0.15, -0.1) is 0 Å². The van der Waals surface area contributed by atoms with Gasteiger partial charge >= 0.3 is 17.9 Å². The van der Waals surface area contributed by atoms with Crippen molar-refractivity contribution in [2.75, 3.05) is 39.3 Å². The van der Waals surface area contributed by atoms with Crippen LogP contribution in [-0.2, 0) is 34.0 Å². The second-order valence-electron chi connectivity index (χ2n) is 10.8. The van der Waals surface area contributed by atoms with E-state index in [-0.39, 0.29) is 0 Å². The second-order valence-corrected chi connectivity index (χ2v) is 10.8. The van der Waals surface area contributed by atoms with Crippen molar-refractivity contribution in [1.82, 2.24) is 4.90 Å². The van der Waals surface area contributed by atoms with E-state index < -0.39 is 58.7 Å². The summed E-state index contributed by atoms with van der Waals surface area (Å²) >= 11 is 0. The Bertz CT molecular complexity index is 1140. The molecule has 10 heteroatoms. The number of likely N-dealkylation sites (N-methyl/N-ethyl adjacent to an activating group) is 1. The van der Waals surface area contributed by atoms with Gasteiger partial charge < -0.3 is 23.8 Å². The number of fused-ring (bicyclic) bond motifs is 1. The lowest BCUT2D eigenvalue weighted by Gasteiger charge is -2.65. The predicted octanol–water partition coefficient (Wildman–Crippen LogP) is 2.38. The van der Waals surface area contributed by atoms with E-state index in [2.05, 4.69) is 4.90 Å². The normalized spacial score (nSPS) is 36.6. The van der Waals surface area contributed by atoms with Crippen molar-refractivity contribution in [1.29, 1.82) is 0 Å². The van der Waals surface area contributed by atoms with E-state index in [1.54, 1.807) is 7.11 Å². The molecule has 1 aromatic carbocycles. The van der Waals surface area contributed by atoms with Crippen LogP contribution >= 0.6 is 0 Å². The molecule has 3 heterocycles. The van der Waals surface area contributed by atoms with Gasteiger partial charge in [-0.1, -0.05) is 6.07 Å². The van der Waals surface area contributed by atoms with Crippen LogP contribution in [0, 0.1) is 5.41 Å². The van der Waals surface area contributed by atoms with Crippen LogP contribution in [-0.4, -0.2) is 87.1 Å². The fourth-order valence-corrected chi connectivity index (χ4v) is 8.47. The largest absolute Gasteiger partial charge is 0.497 e. The predicted molar refractivity (Wildman–Crippen MR) is 131 cm³/mol. The van der Waals surface area contributed by atoms with E-state index in [1.807, 2.05) is 30.1 Å². The quantitative estimate of drug-likeness (QED) is 0.430. The number of hydrogen-bond donors (Lipinski definition) is 0. The Kier molecular flexibility index (Phi) is 5.97. The van der Waals surface area contributed by atoms with Gasteiger partial charge in [0.1, 0.15) is 11.9 Å². The fourth-order valence-electron chi connectivity index (χ4n) is 8.47. The van der Waals surface area contributed by atoms with Crippen LogP contribution in [0.2, 0.25) is 0 Å². The summed E-state index contributed by atoms with van der Waals surface area (Å²) in [5.41, 5.74) is -2.53. The number of carbonyl (C=O) groups is 3. The Balaban J connectivity index is 1.92. The molecule has 3 aliphatic heterocycles. The molecule has 2 unspecified atom stereocenters. The first-order valence-electron chi connectivity index (χ1n) is 12.8. The van der Waals surface area contributed by atoms with Gasteiger partial charge in [0.25, 0.3) is 5.60 Å². The third-order valence-corrected chi connectivity index (χ3v) is 9.32. The van der Waals surface area contributed by atoms with Crippen LogP contribution < -0.4 is 9.64 Å². The average molecular weight is 519 g/mol. The van der Waals surface area contributed by atoms with Crippen LogP contribution in [0.3, 0.4) is 0 Å². The van der Waals surface area contributed by atoms with Crippen molar-refractivity contribution in [2.45, 2.75) is 75.4 Å². The molecule has 0 aromatic heterocycles. The summed E-state index contributed by atoms with van der Waals surface area (Å²) in [6.07, 6.45) is -1.29. The van der Waals surface area contributed by atoms with Crippen molar-refractivity contribution in [3.8, 4) is 5.75 Å². The van der Waals surface area contributed by atoms with Crippen LogP contribution in [0.25, 0.3) is 0 Å². The van der Waals surface area contributed by atoms with Gasteiger partial charge in [-0.05, 0) is 50.9 Å². The van der Waals surface area contributed by atoms with Crippen molar-refractivity contribution in [2.24, 2.45) is 5.41 Å². The van der Waals surface area contributed by atoms with E-state index in [9.17, 15) is 14.4 Å². The lowest BCUT2D eigenvalue weighted by atomic mass is 9.46. The summed E-state index contributed by atoms with van der Waals surface area (Å²) in [6, 6.07) is 4.49. The monoisotopic (exact) mass is 518 g/mol. The van der Waals surface area contributed by atoms with Crippen molar-refractivity contribution in [3.63, 3.8) is 0 Å². The topological polar surface area (TPSA) is 94.6 Å². The number of ether oxygens (including phenoxy) is 4. The number of hydrogen-bond acceptors (Lipinski definition) is 9. The summed E-state index contributed by atoms with van der Waals surface area (Å²) in [6.45, 7) is 5.30. The molecule has 0 radical (unpaired) electrons. The summed E-state index contributed by atoms with van der Waals surface area (Å²) in [5, 5.41) is 0. The molecule has 1 aliphatic carbocycles. The molecule has 9 nitrogen and oxygen atoms in total. The lowest BCUT2D eigenvalue weighted by molar-refractivity contribution is -0.259. The molecule has 2 saturated heterocycles. The number of halogens is 1. The zero-order chi connectivity index (χ0) is 26.9. The highest BCUT2D eigenvalue weighted by Crippen LogP contribution is 2.69. The molecule has 1 spiro atoms. The minimum atomic E-state index is -2.11. The maximum atomic E-state index is 16.3. The summed E-state index contributed by atoms with van der Waals surface area (Å²) in [4.78, 5) is 43.6. The Morgan fingerprint density at radius 3 is 2.41 bits per heavy atom. The number of methoxy groups -OCH3 is 2. The highest BCUT2D eigenvalue weighted by Gasteiger charge is 2.83. The number of alkyl halides is 1. The number of benzene rings is 1. The molecular formula is C27H35FN2O7. The van der Waals surface area contributed by atoms with Crippen molar-refractivity contribution in [3.05, 3.63) is 23.8 Å². The fraction of sp³-hybridized carbons (Fsp3) is 0.667. The van der Waals surface area contributed by atoms with Crippen molar-refractivity contribution < 1.29 is 37.7 Å². The molecule has 7 atom stereocenters. The molecule has 0 N–H and O–H groups in total. The molecular weight excluding hydrogens is 483 g/mol. The molecule has 4 aliphatic rings. The molecule has 1 saturated carbocycles. The van der Waals surface area contributed by atoms with E-state index in [0.29, 0.717) is 31.6 Å². The third-order valence-electron chi connectivity index (χ3n) is 9.32. The van der Waals surface area contributed by atoms with Gasteiger partial charge in [0.2, 0.25) is 0 Å². The maximum Gasteiger partial charge on any atom is 0.356 e. The number of nitrogens with zero attached hydrogens (tertiary/aromatic N) is 2. The first kappa shape index (κ1) is 25.8. The average Bonchev–Trinajstić information content (AvgIpc) is 3.36. The number of esters is 3. The zero-order valence-electron chi connectivity index (χ0n) is 22.2. The Morgan fingerprint density at radius 2 is 1.81 bits per heavy atom. The Hall–Kier alpha value is -2.88. The lowest BCUT2D eigenvalue weighted by Crippen LogP contribution is -2.84. The first-order chi connectivity index (χ1) is 17.5. The minimum Gasteiger partial charge on any atom is -0.497 e.